The average molecular weight is 336 g/mol. The molecule has 0 saturated carbocycles. The molecule has 0 saturated heterocycles. The Kier molecular flexibility index (Phi) is 4.65. The van der Waals surface area contributed by atoms with Crippen molar-refractivity contribution >= 4 is 17.5 Å². The Morgan fingerprint density at radius 2 is 2.00 bits per heavy atom. The quantitative estimate of drug-likeness (QED) is 0.688. The topological polar surface area (TPSA) is 53.3 Å². The van der Waals surface area contributed by atoms with E-state index in [0.717, 1.165) is 22.5 Å². The van der Waals surface area contributed by atoms with E-state index in [1.54, 1.807) is 11.0 Å². The smallest absolute Gasteiger partial charge is 0.289 e. The zero-order valence-corrected chi connectivity index (χ0v) is 14.5. The van der Waals surface area contributed by atoms with Crippen molar-refractivity contribution < 1.29 is 14.2 Å². The first-order chi connectivity index (χ1) is 12.0. The number of para-hydroxylation sites is 1. The van der Waals surface area contributed by atoms with E-state index in [2.05, 4.69) is 11.9 Å². The zero-order valence-electron chi connectivity index (χ0n) is 14.5. The fourth-order valence-electron chi connectivity index (χ4n) is 3.25. The molecule has 2 heterocycles. The van der Waals surface area contributed by atoms with Gasteiger partial charge in [-0.05, 0) is 25.0 Å². The number of rotatable bonds is 4. The molecule has 2 aromatic rings. The lowest BCUT2D eigenvalue weighted by atomic mass is 10.0. The molecule has 2 amide bonds. The molecule has 1 N–H and O–H groups in total. The normalized spacial score (nSPS) is 16.3. The molecule has 5 nitrogen and oxygen atoms in total. The van der Waals surface area contributed by atoms with Crippen molar-refractivity contribution in [2.75, 3.05) is 11.9 Å². The van der Waals surface area contributed by atoms with Crippen LogP contribution in [0.1, 0.15) is 22.9 Å². The van der Waals surface area contributed by atoms with Gasteiger partial charge in [0.2, 0.25) is 12.2 Å². The van der Waals surface area contributed by atoms with Gasteiger partial charge in [0.15, 0.2) is 12.2 Å². The van der Waals surface area contributed by atoms with Gasteiger partial charge in [-0.3, -0.25) is 9.59 Å². The first kappa shape index (κ1) is 16.9. The maximum Gasteiger partial charge on any atom is 0.289 e. The van der Waals surface area contributed by atoms with Crippen LogP contribution < -0.4 is 9.88 Å². The highest BCUT2D eigenvalue weighted by Gasteiger charge is 2.42. The van der Waals surface area contributed by atoms with E-state index >= 15 is 0 Å². The van der Waals surface area contributed by atoms with Crippen LogP contribution in [-0.2, 0) is 16.1 Å². The number of carbonyl (C=O) groups excluding carboxylic acids is 2. The van der Waals surface area contributed by atoms with Crippen molar-refractivity contribution in [2.45, 2.75) is 26.4 Å². The molecule has 1 aromatic carbocycles. The predicted molar refractivity (Wildman–Crippen MR) is 95.8 cm³/mol. The first-order valence-electron chi connectivity index (χ1n) is 8.28. The van der Waals surface area contributed by atoms with Crippen LogP contribution in [0.3, 0.4) is 0 Å². The number of anilines is 1. The summed E-state index contributed by atoms with van der Waals surface area (Å²) in [5, 5.41) is 3.02. The van der Waals surface area contributed by atoms with Gasteiger partial charge in [0.1, 0.15) is 0 Å². The molecule has 0 bridgehead atoms. The summed E-state index contributed by atoms with van der Waals surface area (Å²) in [6, 6.07) is 10.8. The molecule has 25 heavy (non-hydrogen) atoms. The van der Waals surface area contributed by atoms with Crippen LogP contribution in [0.2, 0.25) is 0 Å². The summed E-state index contributed by atoms with van der Waals surface area (Å²) in [7, 11) is 0. The Morgan fingerprint density at radius 3 is 2.68 bits per heavy atom. The molecule has 0 aliphatic carbocycles. The number of nitrogens with zero attached hydrogens (tertiary/aromatic N) is 2. The van der Waals surface area contributed by atoms with Crippen molar-refractivity contribution in [3.8, 4) is 0 Å². The van der Waals surface area contributed by atoms with E-state index in [9.17, 15) is 9.59 Å². The third kappa shape index (κ3) is 3.18. The minimum absolute atomic E-state index is 0.0924. The SMILES string of the molecule is C=CCN1C(=O)C[n+]2ccccc2[C@@H]1C(=O)Nc1c(C)cccc1C. The number of amides is 2. The zero-order chi connectivity index (χ0) is 18.0. The second-order valence-corrected chi connectivity index (χ2v) is 6.25. The molecule has 1 atom stereocenters. The number of hydrogen-bond donors (Lipinski definition) is 1. The Hall–Kier alpha value is -2.95. The highest BCUT2D eigenvalue weighted by molar-refractivity contribution is 5.98. The Labute approximate surface area is 147 Å². The molecule has 5 heteroatoms. The van der Waals surface area contributed by atoms with Crippen LogP contribution in [0, 0.1) is 13.8 Å². The Bertz CT molecular complexity index is 824. The van der Waals surface area contributed by atoms with Crippen molar-refractivity contribution in [2.24, 2.45) is 0 Å². The molecule has 1 aliphatic rings. The van der Waals surface area contributed by atoms with E-state index in [1.165, 1.54) is 0 Å². The van der Waals surface area contributed by atoms with Gasteiger partial charge < -0.3 is 10.2 Å². The molecule has 0 unspecified atom stereocenters. The average Bonchev–Trinajstić information content (AvgIpc) is 2.59. The van der Waals surface area contributed by atoms with Crippen LogP contribution in [0.15, 0.2) is 55.3 Å². The lowest BCUT2D eigenvalue weighted by Gasteiger charge is -2.31. The summed E-state index contributed by atoms with van der Waals surface area (Å²) in [4.78, 5) is 27.2. The van der Waals surface area contributed by atoms with E-state index in [-0.39, 0.29) is 18.4 Å². The third-order valence-electron chi connectivity index (χ3n) is 4.50. The van der Waals surface area contributed by atoms with Crippen molar-refractivity contribution in [1.29, 1.82) is 0 Å². The lowest BCUT2D eigenvalue weighted by molar-refractivity contribution is -0.698. The Balaban J connectivity index is 2.00. The van der Waals surface area contributed by atoms with Crippen LogP contribution in [0.5, 0.6) is 0 Å². The van der Waals surface area contributed by atoms with Gasteiger partial charge in [0.05, 0.1) is 0 Å². The Morgan fingerprint density at radius 1 is 1.28 bits per heavy atom. The van der Waals surface area contributed by atoms with E-state index < -0.39 is 6.04 Å². The van der Waals surface area contributed by atoms with E-state index in [1.807, 2.05) is 61.0 Å². The molecular weight excluding hydrogens is 314 g/mol. The fraction of sp³-hybridized carbons (Fsp3) is 0.250. The number of nitrogens with one attached hydrogen (secondary N) is 1. The predicted octanol–water partition coefficient (Wildman–Crippen LogP) is 2.30. The summed E-state index contributed by atoms with van der Waals surface area (Å²) in [6.45, 7) is 8.20. The lowest BCUT2D eigenvalue weighted by Crippen LogP contribution is -2.58. The summed E-state index contributed by atoms with van der Waals surface area (Å²) >= 11 is 0. The van der Waals surface area contributed by atoms with Gasteiger partial charge in [-0.1, -0.05) is 30.3 Å². The van der Waals surface area contributed by atoms with Crippen molar-refractivity contribution in [3.05, 3.63) is 72.1 Å². The van der Waals surface area contributed by atoms with Gasteiger partial charge in [-0.25, -0.2) is 0 Å². The van der Waals surface area contributed by atoms with Gasteiger partial charge in [-0.15, -0.1) is 6.58 Å². The number of pyridine rings is 1. The second-order valence-electron chi connectivity index (χ2n) is 6.25. The van der Waals surface area contributed by atoms with Crippen LogP contribution in [-0.4, -0.2) is 23.3 Å². The molecule has 0 radical (unpaired) electrons. The first-order valence-corrected chi connectivity index (χ1v) is 8.28. The van der Waals surface area contributed by atoms with E-state index in [0.29, 0.717) is 6.54 Å². The highest BCUT2D eigenvalue weighted by Crippen LogP contribution is 2.26. The second kappa shape index (κ2) is 6.89. The minimum Gasteiger partial charge on any atom is -0.323 e. The third-order valence-corrected chi connectivity index (χ3v) is 4.50. The summed E-state index contributed by atoms with van der Waals surface area (Å²) in [5.74, 6) is -0.308. The molecule has 0 spiro atoms. The number of benzene rings is 1. The number of aryl methyl sites for hydroxylation is 2. The summed E-state index contributed by atoms with van der Waals surface area (Å²) < 4.78 is 1.83. The molecule has 128 valence electrons. The summed E-state index contributed by atoms with van der Waals surface area (Å²) in [5.41, 5.74) is 3.58. The number of hydrogen-bond acceptors (Lipinski definition) is 2. The van der Waals surface area contributed by atoms with Gasteiger partial charge >= 0.3 is 0 Å². The van der Waals surface area contributed by atoms with Crippen LogP contribution >= 0.6 is 0 Å². The van der Waals surface area contributed by atoms with Gasteiger partial charge in [0.25, 0.3) is 11.8 Å². The fourth-order valence-corrected chi connectivity index (χ4v) is 3.25. The van der Waals surface area contributed by atoms with Gasteiger partial charge in [0, 0.05) is 24.4 Å². The monoisotopic (exact) mass is 336 g/mol. The van der Waals surface area contributed by atoms with E-state index in [4.69, 9.17) is 0 Å². The van der Waals surface area contributed by atoms with Crippen molar-refractivity contribution in [3.63, 3.8) is 0 Å². The van der Waals surface area contributed by atoms with Crippen LogP contribution in [0.25, 0.3) is 0 Å². The molecule has 1 aromatic heterocycles. The standard InChI is InChI=1S/C20H21N3O2/c1-4-11-23-17(24)13-22-12-6-5-10-16(22)19(23)20(25)21-18-14(2)8-7-9-15(18)3/h4-10,12,19H,1,11,13H2,2-3H3/p+1/t19-/m1/s1. The number of aromatic nitrogens is 1. The summed E-state index contributed by atoms with van der Waals surface area (Å²) in [6.07, 6.45) is 3.48. The molecule has 1 aliphatic heterocycles. The largest absolute Gasteiger partial charge is 0.323 e. The maximum absolute atomic E-state index is 13.1. The number of fused-ring (bicyclic) bond motifs is 1. The molecular formula is C20H22N3O2+. The minimum atomic E-state index is -0.681. The van der Waals surface area contributed by atoms with Gasteiger partial charge in [-0.2, -0.15) is 4.57 Å². The molecule has 0 fully saturated rings. The van der Waals surface area contributed by atoms with Crippen LogP contribution in [0.4, 0.5) is 5.69 Å². The molecule has 3 rings (SSSR count). The maximum atomic E-state index is 13.1. The number of carbonyl (C=O) groups is 2. The highest BCUT2D eigenvalue weighted by atomic mass is 16.2. The van der Waals surface area contributed by atoms with Crippen molar-refractivity contribution in [1.82, 2.24) is 4.90 Å².